The average molecular weight is 489 g/mol. The molecule has 1 N–H and O–H groups in total. The minimum Gasteiger partial charge on any atom is -0.370 e. The summed E-state index contributed by atoms with van der Waals surface area (Å²) < 4.78 is 3.53. The molecule has 6 rings (SSSR count). The minimum atomic E-state index is -0.135. The highest BCUT2D eigenvalue weighted by Gasteiger charge is 2.25. The molecule has 1 saturated carbocycles. The number of hydrogen-bond donors (Lipinski definition) is 1. The van der Waals surface area contributed by atoms with Gasteiger partial charge in [-0.15, -0.1) is 0 Å². The van der Waals surface area contributed by atoms with Crippen LogP contribution in [0, 0.1) is 5.92 Å². The zero-order valence-corrected chi connectivity index (χ0v) is 21.1. The molecule has 2 atom stereocenters. The maximum absolute atomic E-state index is 13.1. The van der Waals surface area contributed by atoms with Crippen molar-refractivity contribution in [3.05, 3.63) is 59.0 Å². The standard InChI is InChI=1S/C27H36N8O/c1-20(22-15-30-35(18-22)26-17-28-16-25(31-26)32-9-2-3-10-32)34-12-8-24(13-27(34)36)33-11-4-5-23(19-33)29-14-21-6-7-21/h8,12-13,15-18,20-21,23,29H,2-7,9-11,14,19H2,1H3/t20?,23-/m1/s1. The van der Waals surface area contributed by atoms with Crippen molar-refractivity contribution in [3.63, 3.8) is 0 Å². The Morgan fingerprint density at radius 2 is 1.83 bits per heavy atom. The van der Waals surface area contributed by atoms with Crippen LogP contribution < -0.4 is 20.7 Å². The maximum atomic E-state index is 13.1. The Bertz CT molecular complexity index is 1240. The lowest BCUT2D eigenvalue weighted by Gasteiger charge is -2.35. The van der Waals surface area contributed by atoms with E-state index in [4.69, 9.17) is 4.98 Å². The molecular weight excluding hydrogens is 452 g/mol. The third-order valence-corrected chi connectivity index (χ3v) is 7.89. The van der Waals surface area contributed by atoms with E-state index in [0.29, 0.717) is 11.9 Å². The van der Waals surface area contributed by atoms with Gasteiger partial charge < -0.3 is 19.7 Å². The Labute approximate surface area is 212 Å². The van der Waals surface area contributed by atoms with E-state index < -0.39 is 0 Å². The monoisotopic (exact) mass is 488 g/mol. The second-order valence-corrected chi connectivity index (χ2v) is 10.6. The Morgan fingerprint density at radius 3 is 2.64 bits per heavy atom. The Balaban J connectivity index is 1.15. The lowest BCUT2D eigenvalue weighted by Crippen LogP contribution is -2.46. The molecule has 3 aromatic rings. The summed E-state index contributed by atoms with van der Waals surface area (Å²) in [6.45, 7) is 7.19. The van der Waals surface area contributed by atoms with E-state index in [9.17, 15) is 4.79 Å². The molecule has 9 heteroatoms. The molecule has 2 saturated heterocycles. The van der Waals surface area contributed by atoms with E-state index in [1.807, 2.05) is 31.7 Å². The van der Waals surface area contributed by atoms with Crippen molar-refractivity contribution in [3.8, 4) is 5.82 Å². The molecule has 0 bridgehead atoms. The molecule has 0 aromatic carbocycles. The number of aromatic nitrogens is 5. The number of piperidine rings is 1. The number of rotatable bonds is 8. The molecule has 1 aliphatic carbocycles. The van der Waals surface area contributed by atoms with Gasteiger partial charge >= 0.3 is 0 Å². The maximum Gasteiger partial charge on any atom is 0.253 e. The highest BCUT2D eigenvalue weighted by atomic mass is 16.1. The van der Waals surface area contributed by atoms with Crippen LogP contribution in [0.25, 0.3) is 5.82 Å². The Kier molecular flexibility index (Phi) is 6.48. The smallest absolute Gasteiger partial charge is 0.253 e. The largest absolute Gasteiger partial charge is 0.370 e. The van der Waals surface area contributed by atoms with Crippen LogP contribution in [0.4, 0.5) is 11.5 Å². The summed E-state index contributed by atoms with van der Waals surface area (Å²) >= 11 is 0. The van der Waals surface area contributed by atoms with Crippen molar-refractivity contribution in [2.75, 3.05) is 42.5 Å². The molecule has 1 unspecified atom stereocenters. The first-order valence-corrected chi connectivity index (χ1v) is 13.5. The van der Waals surface area contributed by atoms with Gasteiger partial charge in [-0.2, -0.15) is 5.10 Å². The molecule has 3 aromatic heterocycles. The zero-order valence-electron chi connectivity index (χ0n) is 21.1. The first kappa shape index (κ1) is 23.2. The third-order valence-electron chi connectivity index (χ3n) is 7.89. The topological polar surface area (TPSA) is 84.1 Å². The van der Waals surface area contributed by atoms with Gasteiger partial charge in [-0.1, -0.05) is 0 Å². The molecule has 9 nitrogen and oxygen atoms in total. The minimum absolute atomic E-state index is 0.0108. The van der Waals surface area contributed by atoms with Gasteiger partial charge in [0.1, 0.15) is 5.82 Å². The average Bonchev–Trinajstić information content (AvgIpc) is 3.35. The van der Waals surface area contributed by atoms with Crippen LogP contribution in [-0.2, 0) is 0 Å². The summed E-state index contributed by atoms with van der Waals surface area (Å²) in [5.74, 6) is 2.47. The van der Waals surface area contributed by atoms with Crippen LogP contribution in [0.3, 0.4) is 0 Å². The van der Waals surface area contributed by atoms with Gasteiger partial charge in [0.15, 0.2) is 5.82 Å². The van der Waals surface area contributed by atoms with E-state index in [0.717, 1.165) is 62.1 Å². The van der Waals surface area contributed by atoms with Crippen molar-refractivity contribution < 1.29 is 0 Å². The van der Waals surface area contributed by atoms with Gasteiger partial charge in [0.05, 0.1) is 24.6 Å². The van der Waals surface area contributed by atoms with Crippen LogP contribution >= 0.6 is 0 Å². The fraction of sp³-hybridized carbons (Fsp3) is 0.556. The molecule has 3 fully saturated rings. The normalized spacial score (nSPS) is 21.2. The molecule has 0 spiro atoms. The van der Waals surface area contributed by atoms with Crippen molar-refractivity contribution in [2.24, 2.45) is 5.92 Å². The number of hydrogen-bond acceptors (Lipinski definition) is 7. The lowest BCUT2D eigenvalue weighted by molar-refractivity contribution is 0.416. The third kappa shape index (κ3) is 5.02. The van der Waals surface area contributed by atoms with Gasteiger partial charge in [-0.05, 0) is 64.0 Å². The summed E-state index contributed by atoms with van der Waals surface area (Å²) in [5.41, 5.74) is 1.99. The SMILES string of the molecule is CC(c1cnn(-c2cncc(N3CCCC3)n2)c1)n1ccc(N2CCC[C@@H](NCC3CC3)C2)cc1=O. The van der Waals surface area contributed by atoms with Gasteiger partial charge in [-0.25, -0.2) is 9.67 Å². The van der Waals surface area contributed by atoms with E-state index in [2.05, 4.69) is 31.3 Å². The molecule has 0 radical (unpaired) electrons. The van der Waals surface area contributed by atoms with Crippen molar-refractivity contribution >= 4 is 11.5 Å². The van der Waals surface area contributed by atoms with Crippen LogP contribution in [-0.4, -0.2) is 63.1 Å². The van der Waals surface area contributed by atoms with Gasteiger partial charge in [0.2, 0.25) is 0 Å². The van der Waals surface area contributed by atoms with E-state index in [1.54, 1.807) is 21.5 Å². The van der Waals surface area contributed by atoms with Crippen LogP contribution in [0.1, 0.15) is 57.1 Å². The summed E-state index contributed by atoms with van der Waals surface area (Å²) in [6, 6.07) is 4.24. The van der Waals surface area contributed by atoms with E-state index in [-0.39, 0.29) is 11.6 Å². The van der Waals surface area contributed by atoms with Crippen LogP contribution in [0.15, 0.2) is 47.9 Å². The highest BCUT2D eigenvalue weighted by Crippen LogP contribution is 2.28. The van der Waals surface area contributed by atoms with Crippen LogP contribution in [0.5, 0.6) is 0 Å². The predicted octanol–water partition coefficient (Wildman–Crippen LogP) is 3.00. The Hall–Kier alpha value is -3.20. The number of nitrogens with zero attached hydrogens (tertiary/aromatic N) is 7. The zero-order chi connectivity index (χ0) is 24.5. The van der Waals surface area contributed by atoms with E-state index in [1.165, 1.54) is 32.1 Å². The Morgan fingerprint density at radius 1 is 1.03 bits per heavy atom. The second-order valence-electron chi connectivity index (χ2n) is 10.6. The number of pyridine rings is 1. The van der Waals surface area contributed by atoms with Crippen molar-refractivity contribution in [1.29, 1.82) is 0 Å². The fourth-order valence-electron chi connectivity index (χ4n) is 5.42. The van der Waals surface area contributed by atoms with Gasteiger partial charge in [0, 0.05) is 61.9 Å². The molecule has 190 valence electrons. The summed E-state index contributed by atoms with van der Waals surface area (Å²) in [5, 5.41) is 8.27. The van der Waals surface area contributed by atoms with Crippen molar-refractivity contribution in [2.45, 2.75) is 57.5 Å². The number of nitrogens with one attached hydrogen (secondary N) is 1. The first-order valence-electron chi connectivity index (χ1n) is 13.5. The number of anilines is 2. The summed E-state index contributed by atoms with van der Waals surface area (Å²) in [7, 11) is 0. The molecule has 5 heterocycles. The van der Waals surface area contributed by atoms with E-state index >= 15 is 0 Å². The fourth-order valence-corrected chi connectivity index (χ4v) is 5.42. The molecule has 2 aliphatic heterocycles. The van der Waals surface area contributed by atoms with Crippen molar-refractivity contribution in [1.82, 2.24) is 29.6 Å². The van der Waals surface area contributed by atoms with Gasteiger partial charge in [-0.3, -0.25) is 9.78 Å². The van der Waals surface area contributed by atoms with Gasteiger partial charge in [0.25, 0.3) is 5.56 Å². The predicted molar refractivity (Wildman–Crippen MR) is 141 cm³/mol. The second kappa shape index (κ2) is 10.0. The molecule has 0 amide bonds. The van der Waals surface area contributed by atoms with Crippen LogP contribution in [0.2, 0.25) is 0 Å². The summed E-state index contributed by atoms with van der Waals surface area (Å²) in [4.78, 5) is 26.9. The molecular formula is C27H36N8O. The highest BCUT2D eigenvalue weighted by molar-refractivity contribution is 5.46. The summed E-state index contributed by atoms with van der Waals surface area (Å²) in [6.07, 6.45) is 16.7. The molecule has 3 aliphatic rings. The molecule has 36 heavy (non-hydrogen) atoms. The quantitative estimate of drug-likeness (QED) is 0.522. The first-order chi connectivity index (χ1) is 17.6. The lowest BCUT2D eigenvalue weighted by atomic mass is 10.0.